The minimum atomic E-state index is 0.0555. The van der Waals surface area contributed by atoms with Crippen LogP contribution in [0.5, 0.6) is 5.75 Å². The number of hydrogen-bond donors (Lipinski definition) is 1. The molecule has 1 saturated heterocycles. The van der Waals surface area contributed by atoms with Crippen LogP contribution in [0.4, 0.5) is 0 Å². The first-order valence-corrected chi connectivity index (χ1v) is 8.89. The van der Waals surface area contributed by atoms with E-state index in [1.165, 1.54) is 0 Å². The Morgan fingerprint density at radius 2 is 2.23 bits per heavy atom. The maximum atomic E-state index is 13.2. The maximum Gasteiger partial charge on any atom is 0.256 e. The highest BCUT2D eigenvalue weighted by molar-refractivity contribution is 6.07. The van der Waals surface area contributed by atoms with Crippen LogP contribution in [-0.4, -0.2) is 46.0 Å². The smallest absolute Gasteiger partial charge is 0.256 e. The minimum absolute atomic E-state index is 0.0555. The van der Waals surface area contributed by atoms with Crippen molar-refractivity contribution in [1.29, 1.82) is 0 Å². The zero-order valence-corrected chi connectivity index (χ0v) is 15.0. The molecule has 26 heavy (non-hydrogen) atoms. The summed E-state index contributed by atoms with van der Waals surface area (Å²) in [6.07, 6.45) is 5.61. The molecule has 1 aliphatic heterocycles. The molecule has 1 amide bonds. The van der Waals surface area contributed by atoms with Crippen molar-refractivity contribution in [1.82, 2.24) is 19.9 Å². The second-order valence-corrected chi connectivity index (χ2v) is 6.73. The summed E-state index contributed by atoms with van der Waals surface area (Å²) in [7, 11) is 1.63. The van der Waals surface area contributed by atoms with Crippen molar-refractivity contribution in [3.63, 3.8) is 0 Å². The van der Waals surface area contributed by atoms with Gasteiger partial charge in [-0.25, -0.2) is 9.97 Å². The lowest BCUT2D eigenvalue weighted by Crippen LogP contribution is -2.39. The van der Waals surface area contributed by atoms with Gasteiger partial charge in [-0.05, 0) is 44.0 Å². The van der Waals surface area contributed by atoms with Gasteiger partial charge in [-0.3, -0.25) is 4.79 Å². The van der Waals surface area contributed by atoms with Gasteiger partial charge in [0.1, 0.15) is 11.6 Å². The molecule has 0 saturated carbocycles. The Morgan fingerprint density at radius 3 is 3.04 bits per heavy atom. The predicted octanol–water partition coefficient (Wildman–Crippen LogP) is 3.29. The summed E-state index contributed by atoms with van der Waals surface area (Å²) in [5.74, 6) is 1.84. The van der Waals surface area contributed by atoms with Crippen LogP contribution < -0.4 is 4.74 Å². The van der Waals surface area contributed by atoms with Crippen molar-refractivity contribution in [2.45, 2.75) is 25.7 Å². The van der Waals surface area contributed by atoms with Gasteiger partial charge in [0, 0.05) is 48.0 Å². The molecule has 0 bridgehead atoms. The largest absolute Gasteiger partial charge is 0.497 e. The summed E-state index contributed by atoms with van der Waals surface area (Å²) in [5, 5.41) is 0.898. The Labute approximate surface area is 152 Å². The standard InChI is InChI=1S/C20H22N4O2/c1-13-21-8-7-18(23-13)14-4-3-9-24(12-14)20(25)17-11-22-19-6-5-15(26-2)10-16(17)19/h5-8,10-11,14,22H,3-4,9,12H2,1-2H3/t14-/m1/s1. The number of fused-ring (bicyclic) bond motifs is 1. The van der Waals surface area contributed by atoms with Crippen LogP contribution in [0.25, 0.3) is 10.9 Å². The van der Waals surface area contributed by atoms with Crippen molar-refractivity contribution in [3.8, 4) is 5.75 Å². The van der Waals surface area contributed by atoms with Crippen LogP contribution in [-0.2, 0) is 0 Å². The molecule has 4 rings (SSSR count). The Hall–Kier alpha value is -2.89. The topological polar surface area (TPSA) is 71.1 Å². The third-order valence-corrected chi connectivity index (χ3v) is 5.04. The number of aromatic nitrogens is 3. The fourth-order valence-electron chi connectivity index (χ4n) is 3.68. The Bertz CT molecular complexity index is 950. The Kier molecular flexibility index (Phi) is 4.32. The number of carbonyl (C=O) groups excluding carboxylic acids is 1. The van der Waals surface area contributed by atoms with E-state index in [1.54, 1.807) is 19.5 Å². The number of aromatic amines is 1. The first-order valence-electron chi connectivity index (χ1n) is 8.89. The molecular formula is C20H22N4O2. The lowest BCUT2D eigenvalue weighted by atomic mass is 9.94. The van der Waals surface area contributed by atoms with Gasteiger partial charge >= 0.3 is 0 Å². The number of nitrogens with one attached hydrogen (secondary N) is 1. The molecule has 2 aromatic heterocycles. The predicted molar refractivity (Wildman–Crippen MR) is 99.5 cm³/mol. The van der Waals surface area contributed by atoms with E-state index in [9.17, 15) is 4.79 Å². The van der Waals surface area contributed by atoms with Crippen LogP contribution in [0.2, 0.25) is 0 Å². The van der Waals surface area contributed by atoms with Gasteiger partial charge in [0.15, 0.2) is 0 Å². The highest BCUT2D eigenvalue weighted by Gasteiger charge is 2.27. The summed E-state index contributed by atoms with van der Waals surface area (Å²) in [5.41, 5.74) is 2.66. The second-order valence-electron chi connectivity index (χ2n) is 6.73. The van der Waals surface area contributed by atoms with E-state index < -0.39 is 0 Å². The molecule has 0 unspecified atom stereocenters. The molecule has 1 aromatic carbocycles. The molecule has 3 heterocycles. The van der Waals surface area contributed by atoms with Crippen LogP contribution in [0.3, 0.4) is 0 Å². The first-order chi connectivity index (χ1) is 12.7. The summed E-state index contributed by atoms with van der Waals surface area (Å²) in [6, 6.07) is 7.70. The van der Waals surface area contributed by atoms with Gasteiger partial charge in [0.2, 0.25) is 0 Å². The van der Waals surface area contributed by atoms with Gasteiger partial charge < -0.3 is 14.6 Å². The second kappa shape index (κ2) is 6.78. The molecule has 0 radical (unpaired) electrons. The van der Waals surface area contributed by atoms with Gasteiger partial charge in [0.05, 0.1) is 12.7 Å². The third-order valence-electron chi connectivity index (χ3n) is 5.04. The minimum Gasteiger partial charge on any atom is -0.497 e. The quantitative estimate of drug-likeness (QED) is 0.787. The summed E-state index contributed by atoms with van der Waals surface area (Å²) in [4.78, 5) is 27.0. The van der Waals surface area contributed by atoms with E-state index >= 15 is 0 Å². The molecule has 134 valence electrons. The summed E-state index contributed by atoms with van der Waals surface area (Å²) in [6.45, 7) is 3.36. The lowest BCUT2D eigenvalue weighted by Gasteiger charge is -2.32. The number of aryl methyl sites for hydroxylation is 1. The van der Waals surface area contributed by atoms with Crippen LogP contribution in [0.15, 0.2) is 36.7 Å². The van der Waals surface area contributed by atoms with Crippen molar-refractivity contribution >= 4 is 16.8 Å². The van der Waals surface area contributed by atoms with Crippen molar-refractivity contribution in [2.24, 2.45) is 0 Å². The number of carbonyl (C=O) groups is 1. The van der Waals surface area contributed by atoms with Crippen LogP contribution in [0, 0.1) is 6.92 Å². The number of nitrogens with zero attached hydrogens (tertiary/aromatic N) is 3. The van der Waals surface area contributed by atoms with Gasteiger partial charge in [-0.1, -0.05) is 0 Å². The van der Waals surface area contributed by atoms with Gasteiger partial charge in [0.25, 0.3) is 5.91 Å². The highest BCUT2D eigenvalue weighted by atomic mass is 16.5. The average molecular weight is 350 g/mol. The molecule has 6 heteroatoms. The lowest BCUT2D eigenvalue weighted by molar-refractivity contribution is 0.0708. The SMILES string of the molecule is COc1ccc2[nH]cc(C(=O)N3CCC[C@@H](c4ccnc(C)n4)C3)c2c1. The fourth-order valence-corrected chi connectivity index (χ4v) is 3.68. The van der Waals surface area contributed by atoms with Crippen molar-refractivity contribution in [3.05, 3.63) is 53.7 Å². The number of hydrogen-bond acceptors (Lipinski definition) is 4. The molecule has 0 spiro atoms. The molecular weight excluding hydrogens is 328 g/mol. The van der Waals surface area contributed by atoms with E-state index in [0.717, 1.165) is 47.6 Å². The van der Waals surface area contributed by atoms with Crippen molar-refractivity contribution in [2.75, 3.05) is 20.2 Å². The molecule has 0 aliphatic carbocycles. The number of amides is 1. The zero-order valence-electron chi connectivity index (χ0n) is 15.0. The number of ether oxygens (including phenoxy) is 1. The third kappa shape index (κ3) is 3.03. The normalized spacial score (nSPS) is 17.5. The number of H-pyrrole nitrogens is 1. The van der Waals surface area contributed by atoms with Gasteiger partial charge in [-0.15, -0.1) is 0 Å². The number of benzene rings is 1. The van der Waals surface area contributed by atoms with E-state index in [-0.39, 0.29) is 11.8 Å². The van der Waals surface area contributed by atoms with Crippen LogP contribution >= 0.6 is 0 Å². The summed E-state index contributed by atoms with van der Waals surface area (Å²) < 4.78 is 5.31. The van der Waals surface area contributed by atoms with E-state index in [0.29, 0.717) is 12.1 Å². The number of methoxy groups -OCH3 is 1. The fraction of sp³-hybridized carbons (Fsp3) is 0.350. The number of rotatable bonds is 3. The maximum absolute atomic E-state index is 13.2. The highest BCUT2D eigenvalue weighted by Crippen LogP contribution is 2.29. The molecule has 6 nitrogen and oxygen atoms in total. The first kappa shape index (κ1) is 16.6. The van der Waals surface area contributed by atoms with E-state index in [1.807, 2.05) is 36.1 Å². The summed E-state index contributed by atoms with van der Waals surface area (Å²) >= 11 is 0. The van der Waals surface area contributed by atoms with Gasteiger partial charge in [-0.2, -0.15) is 0 Å². The van der Waals surface area contributed by atoms with E-state index in [2.05, 4.69) is 15.0 Å². The number of likely N-dealkylation sites (tertiary alicyclic amines) is 1. The van der Waals surface area contributed by atoms with E-state index in [4.69, 9.17) is 4.74 Å². The van der Waals surface area contributed by atoms with Crippen LogP contribution in [0.1, 0.15) is 40.6 Å². The monoisotopic (exact) mass is 350 g/mol. The Balaban J connectivity index is 1.60. The average Bonchev–Trinajstić information content (AvgIpc) is 3.10. The number of piperidine rings is 1. The molecule has 1 aliphatic rings. The molecule has 1 N–H and O–H groups in total. The molecule has 1 atom stereocenters. The Morgan fingerprint density at radius 1 is 1.35 bits per heavy atom. The zero-order chi connectivity index (χ0) is 18.1. The molecule has 1 fully saturated rings. The molecule has 3 aromatic rings. The van der Waals surface area contributed by atoms with Crippen molar-refractivity contribution < 1.29 is 9.53 Å².